The van der Waals surface area contributed by atoms with Gasteiger partial charge in [-0.2, -0.15) is 9.50 Å². The normalized spacial score (nSPS) is 11.1. The maximum atomic E-state index is 13.6. The molecule has 0 unspecified atom stereocenters. The van der Waals surface area contributed by atoms with Gasteiger partial charge in [-0.25, -0.2) is 13.8 Å². The molecule has 3 rings (SSSR count). The number of fused-ring (bicyclic) bond motifs is 1. The van der Waals surface area contributed by atoms with E-state index in [0.29, 0.717) is 23.1 Å². The van der Waals surface area contributed by atoms with E-state index in [9.17, 15) is 8.78 Å². The summed E-state index contributed by atoms with van der Waals surface area (Å²) in [5, 5.41) is 7.16. The van der Waals surface area contributed by atoms with Crippen LogP contribution in [0, 0.1) is 32.4 Å². The van der Waals surface area contributed by atoms with Gasteiger partial charge in [0.05, 0.1) is 0 Å². The Morgan fingerprint density at radius 2 is 1.67 bits per heavy atom. The van der Waals surface area contributed by atoms with E-state index in [2.05, 4.69) is 20.4 Å². The number of benzene rings is 1. The number of aryl methyl sites for hydroxylation is 2. The molecule has 0 aliphatic carbocycles. The predicted molar refractivity (Wildman–Crippen MR) is 74.6 cm³/mol. The molecular weight excluding hydrogens is 276 g/mol. The molecule has 0 bridgehead atoms. The smallest absolute Gasteiger partial charge is 0.254 e. The summed E-state index contributed by atoms with van der Waals surface area (Å²) < 4.78 is 28.7. The summed E-state index contributed by atoms with van der Waals surface area (Å²) in [5.41, 5.74) is 1.02. The van der Waals surface area contributed by atoms with E-state index < -0.39 is 11.6 Å². The summed E-state index contributed by atoms with van der Waals surface area (Å²) >= 11 is 0. The molecule has 0 saturated carbocycles. The number of halogens is 2. The lowest BCUT2D eigenvalue weighted by Gasteiger charge is -2.10. The number of hydrogen-bond acceptors (Lipinski definition) is 4. The van der Waals surface area contributed by atoms with Crippen LogP contribution >= 0.6 is 0 Å². The number of rotatable bonds is 2. The van der Waals surface area contributed by atoms with E-state index in [1.807, 2.05) is 6.92 Å². The zero-order chi connectivity index (χ0) is 15.1. The van der Waals surface area contributed by atoms with Crippen LogP contribution < -0.4 is 5.32 Å². The lowest BCUT2D eigenvalue weighted by molar-refractivity contribution is 0.569. The molecule has 0 spiro atoms. The Balaban J connectivity index is 2.09. The van der Waals surface area contributed by atoms with Gasteiger partial charge in [-0.15, -0.1) is 5.10 Å². The zero-order valence-corrected chi connectivity index (χ0v) is 11.8. The summed E-state index contributed by atoms with van der Waals surface area (Å²) in [4.78, 5) is 8.43. The van der Waals surface area contributed by atoms with Gasteiger partial charge in [0.1, 0.15) is 23.3 Å². The maximum Gasteiger partial charge on any atom is 0.254 e. The quantitative estimate of drug-likeness (QED) is 0.787. The third-order valence-corrected chi connectivity index (χ3v) is 3.10. The highest BCUT2D eigenvalue weighted by atomic mass is 19.1. The number of nitrogens with zero attached hydrogens (tertiary/aromatic N) is 4. The molecular formula is C14H13F2N5. The highest BCUT2D eigenvalue weighted by Crippen LogP contribution is 2.22. The van der Waals surface area contributed by atoms with Crippen molar-refractivity contribution in [2.24, 2.45) is 0 Å². The Bertz CT molecular complexity index is 818. The summed E-state index contributed by atoms with van der Waals surface area (Å²) in [6.45, 7) is 4.95. The third kappa shape index (κ3) is 2.42. The van der Waals surface area contributed by atoms with E-state index in [-0.39, 0.29) is 5.56 Å². The van der Waals surface area contributed by atoms with Gasteiger partial charge in [-0.05, 0) is 32.9 Å². The van der Waals surface area contributed by atoms with Crippen molar-refractivity contribution in [1.82, 2.24) is 19.6 Å². The van der Waals surface area contributed by atoms with Crippen LogP contribution in [-0.2, 0) is 0 Å². The van der Waals surface area contributed by atoms with E-state index in [1.165, 1.54) is 23.6 Å². The van der Waals surface area contributed by atoms with Crippen molar-refractivity contribution in [2.75, 3.05) is 5.32 Å². The molecule has 21 heavy (non-hydrogen) atoms. The van der Waals surface area contributed by atoms with Crippen molar-refractivity contribution in [3.05, 3.63) is 46.9 Å². The van der Waals surface area contributed by atoms with Crippen molar-refractivity contribution in [3.63, 3.8) is 0 Å². The van der Waals surface area contributed by atoms with Gasteiger partial charge in [0, 0.05) is 23.0 Å². The molecule has 0 fully saturated rings. The van der Waals surface area contributed by atoms with Crippen LogP contribution in [0.4, 0.5) is 20.3 Å². The molecule has 1 N–H and O–H groups in total. The molecule has 3 aromatic rings. The van der Waals surface area contributed by atoms with Gasteiger partial charge in [-0.3, -0.25) is 0 Å². The molecule has 0 aliphatic rings. The Morgan fingerprint density at radius 3 is 2.33 bits per heavy atom. The van der Waals surface area contributed by atoms with Crippen LogP contribution in [0.3, 0.4) is 0 Å². The first-order chi connectivity index (χ1) is 9.94. The molecule has 7 heteroatoms. The van der Waals surface area contributed by atoms with Crippen LogP contribution in [0.1, 0.15) is 17.1 Å². The van der Waals surface area contributed by atoms with Crippen molar-refractivity contribution >= 4 is 17.3 Å². The summed E-state index contributed by atoms with van der Waals surface area (Å²) in [6.07, 6.45) is 0. The molecule has 0 aliphatic heterocycles. The SMILES string of the molecule is Cc1cc(Nc2cc(F)c(C)c(F)c2)n2nc(C)nc2n1. The highest BCUT2D eigenvalue weighted by Gasteiger charge is 2.11. The Labute approximate surface area is 119 Å². The Morgan fingerprint density at radius 1 is 1.00 bits per heavy atom. The Kier molecular flexibility index (Phi) is 3.04. The summed E-state index contributed by atoms with van der Waals surface area (Å²) in [5.74, 6) is 0.338. The lowest BCUT2D eigenvalue weighted by atomic mass is 10.2. The first kappa shape index (κ1) is 13.4. The van der Waals surface area contributed by atoms with Crippen molar-refractivity contribution in [1.29, 1.82) is 0 Å². The van der Waals surface area contributed by atoms with Crippen LogP contribution in [0.15, 0.2) is 18.2 Å². The predicted octanol–water partition coefficient (Wildman–Crippen LogP) is 3.07. The molecule has 2 aromatic heterocycles. The lowest BCUT2D eigenvalue weighted by Crippen LogP contribution is -2.04. The first-order valence-corrected chi connectivity index (χ1v) is 6.38. The van der Waals surface area contributed by atoms with Gasteiger partial charge < -0.3 is 5.32 Å². The summed E-state index contributed by atoms with van der Waals surface area (Å²) in [6, 6.07) is 4.21. The standard InChI is InChI=1S/C14H13F2N5/c1-7-4-13(21-14(17-7)18-9(3)20-21)19-10-5-11(15)8(2)12(16)6-10/h4-6,19H,1-3H3. The minimum Gasteiger partial charge on any atom is -0.340 e. The van der Waals surface area contributed by atoms with Crippen LogP contribution in [0.2, 0.25) is 0 Å². The molecule has 1 aromatic carbocycles. The fourth-order valence-corrected chi connectivity index (χ4v) is 2.04. The van der Waals surface area contributed by atoms with Crippen LogP contribution in [0.25, 0.3) is 5.78 Å². The number of anilines is 2. The van der Waals surface area contributed by atoms with Gasteiger partial charge in [0.25, 0.3) is 5.78 Å². The summed E-state index contributed by atoms with van der Waals surface area (Å²) in [7, 11) is 0. The molecule has 108 valence electrons. The fourth-order valence-electron chi connectivity index (χ4n) is 2.04. The van der Waals surface area contributed by atoms with Crippen molar-refractivity contribution in [2.45, 2.75) is 20.8 Å². The number of nitrogens with one attached hydrogen (secondary N) is 1. The fraction of sp³-hybridized carbons (Fsp3) is 0.214. The molecule has 5 nitrogen and oxygen atoms in total. The van der Waals surface area contributed by atoms with Gasteiger partial charge >= 0.3 is 0 Å². The first-order valence-electron chi connectivity index (χ1n) is 6.38. The van der Waals surface area contributed by atoms with Crippen molar-refractivity contribution in [3.8, 4) is 0 Å². The van der Waals surface area contributed by atoms with E-state index in [0.717, 1.165) is 5.69 Å². The van der Waals surface area contributed by atoms with E-state index >= 15 is 0 Å². The minimum absolute atomic E-state index is 0.00629. The molecule has 2 heterocycles. The van der Waals surface area contributed by atoms with E-state index in [1.54, 1.807) is 13.0 Å². The molecule has 0 saturated heterocycles. The average molecular weight is 289 g/mol. The van der Waals surface area contributed by atoms with Crippen LogP contribution in [-0.4, -0.2) is 19.6 Å². The maximum absolute atomic E-state index is 13.6. The highest BCUT2D eigenvalue weighted by molar-refractivity contribution is 5.59. The largest absolute Gasteiger partial charge is 0.340 e. The van der Waals surface area contributed by atoms with Crippen molar-refractivity contribution < 1.29 is 8.78 Å². The zero-order valence-electron chi connectivity index (χ0n) is 11.8. The van der Waals surface area contributed by atoms with Crippen LogP contribution in [0.5, 0.6) is 0 Å². The molecule has 0 amide bonds. The van der Waals surface area contributed by atoms with Gasteiger partial charge in [0.2, 0.25) is 0 Å². The second-order valence-corrected chi connectivity index (χ2v) is 4.84. The van der Waals surface area contributed by atoms with Gasteiger partial charge in [0.15, 0.2) is 0 Å². The topological polar surface area (TPSA) is 55.1 Å². The molecule has 0 atom stereocenters. The second kappa shape index (κ2) is 4.76. The molecule has 0 radical (unpaired) electrons. The van der Waals surface area contributed by atoms with E-state index in [4.69, 9.17) is 0 Å². The average Bonchev–Trinajstić information content (AvgIpc) is 2.76. The second-order valence-electron chi connectivity index (χ2n) is 4.84. The third-order valence-electron chi connectivity index (χ3n) is 3.10. The number of aromatic nitrogens is 4. The number of hydrogen-bond donors (Lipinski definition) is 1. The monoisotopic (exact) mass is 289 g/mol. The van der Waals surface area contributed by atoms with Gasteiger partial charge in [-0.1, -0.05) is 0 Å². The Hall–Kier alpha value is -2.57. The minimum atomic E-state index is -0.603.